The standard InChI is InChI=1S/C48H32N4O/c1-48(2)36-22-9-6-18-32(36)43-37(48)26-27-39-44(43)33-19-7-10-23-38(33)52(39)31-17-12-16-30(28-31)46-49-45(29-14-4-3-5-15-29)50-47(51-46)35-21-13-25-41-42(35)34-20-8-11-24-40(34)53-41/h3-28H,1-2H3. The van der Waals surface area contributed by atoms with Crippen molar-refractivity contribution in [2.75, 3.05) is 0 Å². The van der Waals surface area contributed by atoms with Crippen molar-refractivity contribution in [2.24, 2.45) is 0 Å². The number of rotatable bonds is 4. The molecule has 3 heterocycles. The number of benzene rings is 7. The fourth-order valence-corrected chi connectivity index (χ4v) is 8.62. The predicted molar refractivity (Wildman–Crippen MR) is 215 cm³/mol. The Morgan fingerprint density at radius 2 is 1.13 bits per heavy atom. The summed E-state index contributed by atoms with van der Waals surface area (Å²) in [5.74, 6) is 1.83. The lowest BCUT2D eigenvalue weighted by molar-refractivity contribution is 0.661. The van der Waals surface area contributed by atoms with Crippen molar-refractivity contribution in [2.45, 2.75) is 19.3 Å². The van der Waals surface area contributed by atoms with Crippen molar-refractivity contribution < 1.29 is 4.42 Å². The van der Waals surface area contributed by atoms with E-state index in [1.165, 1.54) is 38.5 Å². The van der Waals surface area contributed by atoms with Crippen LogP contribution in [0.3, 0.4) is 0 Å². The maximum atomic E-state index is 6.26. The summed E-state index contributed by atoms with van der Waals surface area (Å²) in [5, 5.41) is 4.56. The molecule has 0 amide bonds. The van der Waals surface area contributed by atoms with E-state index in [0.717, 1.165) is 49.8 Å². The van der Waals surface area contributed by atoms with Gasteiger partial charge in [-0.2, -0.15) is 0 Å². The normalized spacial score (nSPS) is 13.2. The molecule has 5 heteroatoms. The van der Waals surface area contributed by atoms with E-state index in [0.29, 0.717) is 17.5 Å². The number of para-hydroxylation sites is 2. The van der Waals surface area contributed by atoms with Gasteiger partial charge in [0, 0.05) is 49.3 Å². The smallest absolute Gasteiger partial charge is 0.164 e. The summed E-state index contributed by atoms with van der Waals surface area (Å²) in [6.45, 7) is 4.68. The highest BCUT2D eigenvalue weighted by Crippen LogP contribution is 2.53. The molecule has 11 rings (SSSR count). The highest BCUT2D eigenvalue weighted by molar-refractivity contribution is 6.18. The predicted octanol–water partition coefficient (Wildman–Crippen LogP) is 12.2. The summed E-state index contributed by atoms with van der Waals surface area (Å²) in [6, 6.07) is 55.2. The van der Waals surface area contributed by atoms with Gasteiger partial charge in [0.25, 0.3) is 0 Å². The van der Waals surface area contributed by atoms with Gasteiger partial charge in [0.05, 0.1) is 11.0 Å². The van der Waals surface area contributed by atoms with Crippen LogP contribution in [0.15, 0.2) is 162 Å². The van der Waals surface area contributed by atoms with Gasteiger partial charge in [0.2, 0.25) is 0 Å². The Morgan fingerprint density at radius 3 is 2.02 bits per heavy atom. The molecule has 3 aromatic heterocycles. The van der Waals surface area contributed by atoms with Gasteiger partial charge >= 0.3 is 0 Å². The molecule has 7 aromatic carbocycles. The van der Waals surface area contributed by atoms with Gasteiger partial charge in [0.1, 0.15) is 11.2 Å². The molecule has 0 N–H and O–H groups in total. The monoisotopic (exact) mass is 680 g/mol. The van der Waals surface area contributed by atoms with Crippen molar-refractivity contribution in [1.82, 2.24) is 19.5 Å². The third kappa shape index (κ3) is 4.34. The Bertz CT molecular complexity index is 3100. The minimum atomic E-state index is -0.0802. The zero-order valence-electron chi connectivity index (χ0n) is 29.2. The van der Waals surface area contributed by atoms with Crippen LogP contribution in [0.25, 0.3) is 94.7 Å². The lowest BCUT2D eigenvalue weighted by atomic mass is 9.82. The topological polar surface area (TPSA) is 56.7 Å². The third-order valence-electron chi connectivity index (χ3n) is 11.1. The number of furan rings is 1. The molecule has 5 nitrogen and oxygen atoms in total. The van der Waals surface area contributed by atoms with Crippen LogP contribution in [0, 0.1) is 0 Å². The van der Waals surface area contributed by atoms with Gasteiger partial charge in [-0.05, 0) is 58.7 Å². The summed E-state index contributed by atoms with van der Waals surface area (Å²) in [4.78, 5) is 15.4. The van der Waals surface area contributed by atoms with Crippen LogP contribution in [0.5, 0.6) is 0 Å². The Labute approximate surface area is 305 Å². The molecule has 0 saturated heterocycles. The Kier molecular flexibility index (Phi) is 6.23. The van der Waals surface area contributed by atoms with E-state index in [4.69, 9.17) is 19.4 Å². The molecule has 1 aliphatic carbocycles. The quantitative estimate of drug-likeness (QED) is 0.186. The van der Waals surface area contributed by atoms with Gasteiger partial charge < -0.3 is 8.98 Å². The first-order valence-corrected chi connectivity index (χ1v) is 18.0. The Morgan fingerprint density at radius 1 is 0.472 bits per heavy atom. The first kappa shape index (κ1) is 29.8. The summed E-state index contributed by atoms with van der Waals surface area (Å²) >= 11 is 0. The van der Waals surface area contributed by atoms with Gasteiger partial charge in [-0.3, -0.25) is 0 Å². The molecule has 0 aliphatic heterocycles. The van der Waals surface area contributed by atoms with Crippen molar-refractivity contribution in [3.63, 3.8) is 0 Å². The average molecular weight is 681 g/mol. The average Bonchev–Trinajstić information content (AvgIpc) is 3.84. The highest BCUT2D eigenvalue weighted by atomic mass is 16.3. The molecule has 0 atom stereocenters. The fraction of sp³-hybridized carbons (Fsp3) is 0.0625. The Hall–Kier alpha value is -6.85. The van der Waals surface area contributed by atoms with Crippen LogP contribution < -0.4 is 0 Å². The molecule has 0 fully saturated rings. The molecular weight excluding hydrogens is 649 g/mol. The van der Waals surface area contributed by atoms with Gasteiger partial charge in [0.15, 0.2) is 17.5 Å². The maximum absolute atomic E-state index is 6.26. The van der Waals surface area contributed by atoms with Crippen LogP contribution >= 0.6 is 0 Å². The van der Waals surface area contributed by atoms with Crippen molar-refractivity contribution in [3.05, 3.63) is 169 Å². The van der Waals surface area contributed by atoms with Crippen molar-refractivity contribution in [1.29, 1.82) is 0 Å². The van der Waals surface area contributed by atoms with Crippen LogP contribution in [-0.4, -0.2) is 19.5 Å². The molecular formula is C48H32N4O. The maximum Gasteiger partial charge on any atom is 0.164 e. The lowest BCUT2D eigenvalue weighted by Crippen LogP contribution is -2.14. The van der Waals surface area contributed by atoms with Crippen LogP contribution in [0.1, 0.15) is 25.0 Å². The fourth-order valence-electron chi connectivity index (χ4n) is 8.62. The lowest BCUT2D eigenvalue weighted by Gasteiger charge is -2.21. The first-order valence-electron chi connectivity index (χ1n) is 18.0. The highest BCUT2D eigenvalue weighted by Gasteiger charge is 2.37. The number of hydrogen-bond acceptors (Lipinski definition) is 4. The molecule has 250 valence electrons. The van der Waals surface area contributed by atoms with E-state index in [1.807, 2.05) is 60.7 Å². The molecule has 0 saturated carbocycles. The largest absolute Gasteiger partial charge is 0.456 e. The van der Waals surface area contributed by atoms with E-state index >= 15 is 0 Å². The summed E-state index contributed by atoms with van der Waals surface area (Å²) < 4.78 is 8.65. The molecule has 0 radical (unpaired) electrons. The van der Waals surface area contributed by atoms with E-state index in [2.05, 4.69) is 115 Å². The summed E-state index contributed by atoms with van der Waals surface area (Å²) in [6.07, 6.45) is 0. The van der Waals surface area contributed by atoms with E-state index in [9.17, 15) is 0 Å². The first-order chi connectivity index (χ1) is 26.0. The third-order valence-corrected chi connectivity index (χ3v) is 11.1. The molecule has 1 aliphatic rings. The molecule has 0 spiro atoms. The molecule has 0 bridgehead atoms. The van der Waals surface area contributed by atoms with Crippen LogP contribution in [0.4, 0.5) is 0 Å². The molecule has 0 unspecified atom stereocenters. The van der Waals surface area contributed by atoms with Gasteiger partial charge in [-0.15, -0.1) is 0 Å². The van der Waals surface area contributed by atoms with Gasteiger partial charge in [-0.1, -0.05) is 135 Å². The van der Waals surface area contributed by atoms with Crippen LogP contribution in [-0.2, 0) is 5.41 Å². The molecule has 53 heavy (non-hydrogen) atoms. The Balaban J connectivity index is 1.14. The second-order valence-electron chi connectivity index (χ2n) is 14.4. The van der Waals surface area contributed by atoms with Crippen LogP contribution in [0.2, 0.25) is 0 Å². The minimum absolute atomic E-state index is 0.0802. The zero-order valence-corrected chi connectivity index (χ0v) is 29.2. The second kappa shape index (κ2) is 11.1. The number of nitrogens with zero attached hydrogens (tertiary/aromatic N) is 4. The molecule has 10 aromatic rings. The van der Waals surface area contributed by atoms with Crippen molar-refractivity contribution in [3.8, 4) is 51.0 Å². The number of aromatic nitrogens is 4. The second-order valence-corrected chi connectivity index (χ2v) is 14.4. The summed E-state index contributed by atoms with van der Waals surface area (Å²) in [7, 11) is 0. The van der Waals surface area contributed by atoms with Gasteiger partial charge in [-0.25, -0.2) is 15.0 Å². The van der Waals surface area contributed by atoms with Crippen molar-refractivity contribution >= 4 is 43.7 Å². The SMILES string of the molecule is CC1(C)c2ccccc2-c2c1ccc1c2c2ccccc2n1-c1cccc(-c2nc(-c3ccccc3)nc(-c3cccc4oc5ccccc5c34)n2)c1. The van der Waals surface area contributed by atoms with E-state index < -0.39 is 0 Å². The number of fused-ring (bicyclic) bond motifs is 10. The number of hydrogen-bond donors (Lipinski definition) is 0. The zero-order chi connectivity index (χ0) is 35.3. The summed E-state index contributed by atoms with van der Waals surface area (Å²) in [5.41, 5.74) is 13.1. The minimum Gasteiger partial charge on any atom is -0.456 e. The van der Waals surface area contributed by atoms with E-state index in [-0.39, 0.29) is 5.41 Å². The van der Waals surface area contributed by atoms with E-state index in [1.54, 1.807) is 0 Å².